The summed E-state index contributed by atoms with van der Waals surface area (Å²) in [5, 5.41) is 2.59. The Labute approximate surface area is 134 Å². The van der Waals surface area contributed by atoms with Crippen LogP contribution in [0.4, 0.5) is 22.0 Å². The van der Waals surface area contributed by atoms with Crippen LogP contribution in [0.15, 0.2) is 18.3 Å². The average Bonchev–Trinajstić information content (AvgIpc) is 2.45. The Morgan fingerprint density at radius 3 is 2.71 bits per heavy atom. The monoisotopic (exact) mass is 354 g/mol. The highest BCUT2D eigenvalue weighted by molar-refractivity contribution is 5.79. The van der Waals surface area contributed by atoms with Crippen LogP contribution in [0.3, 0.4) is 0 Å². The number of rotatable bonds is 7. The summed E-state index contributed by atoms with van der Waals surface area (Å²) < 4.78 is 68.9. The highest BCUT2D eigenvalue weighted by Crippen LogP contribution is 2.31. The van der Waals surface area contributed by atoms with Gasteiger partial charge in [-0.3, -0.25) is 4.79 Å². The minimum absolute atomic E-state index is 0.0700. The predicted octanol–water partition coefficient (Wildman–Crippen LogP) is 2.66. The molecule has 0 bridgehead atoms. The third-order valence-corrected chi connectivity index (χ3v) is 3.41. The molecule has 1 aromatic rings. The summed E-state index contributed by atoms with van der Waals surface area (Å²) >= 11 is 0. The van der Waals surface area contributed by atoms with Crippen LogP contribution < -0.4 is 10.1 Å². The van der Waals surface area contributed by atoms with Gasteiger partial charge in [0.05, 0.1) is 6.10 Å². The fourth-order valence-electron chi connectivity index (χ4n) is 2.16. The Kier molecular flexibility index (Phi) is 5.92. The van der Waals surface area contributed by atoms with Crippen molar-refractivity contribution >= 4 is 5.91 Å². The quantitative estimate of drug-likeness (QED) is 0.765. The number of carbonyl (C=O) groups is 1. The molecule has 0 aliphatic heterocycles. The van der Waals surface area contributed by atoms with E-state index in [0.717, 1.165) is 0 Å². The highest BCUT2D eigenvalue weighted by atomic mass is 19.4. The molecule has 0 unspecified atom stereocenters. The van der Waals surface area contributed by atoms with Gasteiger partial charge in [0.1, 0.15) is 0 Å². The van der Waals surface area contributed by atoms with Crippen LogP contribution in [-0.2, 0) is 16.1 Å². The summed E-state index contributed by atoms with van der Waals surface area (Å²) in [5.41, 5.74) is 0.509. The Morgan fingerprint density at radius 2 is 2.08 bits per heavy atom. The molecule has 134 valence electrons. The molecule has 0 atom stereocenters. The number of nitrogens with zero attached hydrogens (tertiary/aromatic N) is 1. The molecule has 0 aromatic carbocycles. The maximum absolute atomic E-state index is 12.1. The summed E-state index contributed by atoms with van der Waals surface area (Å²) in [6.07, 6.45) is -3.39. The molecular formula is C14H15F5N2O3. The number of pyridine rings is 1. The van der Waals surface area contributed by atoms with Gasteiger partial charge in [-0.2, -0.15) is 22.0 Å². The topological polar surface area (TPSA) is 60.5 Å². The molecule has 24 heavy (non-hydrogen) atoms. The van der Waals surface area contributed by atoms with E-state index in [1.165, 1.54) is 18.3 Å². The number of aromatic nitrogens is 1. The zero-order valence-electron chi connectivity index (χ0n) is 12.4. The molecule has 1 heterocycles. The van der Waals surface area contributed by atoms with Crippen LogP contribution in [0.25, 0.3) is 0 Å². The Bertz CT molecular complexity index is 562. The lowest BCUT2D eigenvalue weighted by Crippen LogP contribution is -2.42. The first-order valence-corrected chi connectivity index (χ1v) is 7.09. The first-order valence-electron chi connectivity index (χ1n) is 7.09. The van der Waals surface area contributed by atoms with Gasteiger partial charge in [-0.15, -0.1) is 0 Å². The number of carbonyl (C=O) groups excluding carboxylic acids is 1. The molecule has 1 aliphatic rings. The number of amides is 1. The van der Waals surface area contributed by atoms with Gasteiger partial charge in [0.15, 0.2) is 6.61 Å². The number of hydrogen-bond acceptors (Lipinski definition) is 4. The van der Waals surface area contributed by atoms with Gasteiger partial charge in [0.2, 0.25) is 11.8 Å². The average molecular weight is 354 g/mol. The Hall–Kier alpha value is -1.97. The van der Waals surface area contributed by atoms with Crippen molar-refractivity contribution in [1.82, 2.24) is 10.3 Å². The molecule has 1 N–H and O–H groups in total. The van der Waals surface area contributed by atoms with Crippen LogP contribution in [-0.4, -0.2) is 36.4 Å². The second-order valence-electron chi connectivity index (χ2n) is 5.31. The molecule has 10 heteroatoms. The van der Waals surface area contributed by atoms with E-state index in [-0.39, 0.29) is 31.2 Å². The van der Waals surface area contributed by atoms with Crippen LogP contribution in [0, 0.1) is 5.92 Å². The molecule has 1 saturated carbocycles. The molecule has 0 spiro atoms. The van der Waals surface area contributed by atoms with E-state index in [0.29, 0.717) is 5.56 Å². The standard InChI is InChI=1S/C14H15F5N2O3/c15-13(16)24-10-4-9(5-10)12(22)21-6-8-1-2-20-11(3-8)23-7-14(17,18)19/h1-3,9-10,13H,4-7H2,(H,21,22). The van der Waals surface area contributed by atoms with Crippen LogP contribution in [0.5, 0.6) is 5.88 Å². The lowest BCUT2D eigenvalue weighted by Gasteiger charge is -2.33. The first kappa shape index (κ1) is 18.4. The second-order valence-corrected chi connectivity index (χ2v) is 5.31. The number of ether oxygens (including phenoxy) is 2. The Morgan fingerprint density at radius 1 is 1.38 bits per heavy atom. The van der Waals surface area contributed by atoms with Crippen LogP contribution >= 0.6 is 0 Å². The van der Waals surface area contributed by atoms with Gasteiger partial charge < -0.3 is 14.8 Å². The third kappa shape index (κ3) is 5.91. The minimum Gasteiger partial charge on any atom is -0.468 e. The lowest BCUT2D eigenvalue weighted by molar-refractivity contribution is -0.192. The van der Waals surface area contributed by atoms with Crippen molar-refractivity contribution < 1.29 is 36.2 Å². The van der Waals surface area contributed by atoms with Crippen molar-refractivity contribution in [3.8, 4) is 5.88 Å². The summed E-state index contributed by atoms with van der Waals surface area (Å²) in [5.74, 6) is -0.927. The minimum atomic E-state index is -4.47. The second kappa shape index (κ2) is 7.73. The number of hydrogen-bond donors (Lipinski definition) is 1. The van der Waals surface area contributed by atoms with Crippen molar-refractivity contribution in [2.24, 2.45) is 5.92 Å². The van der Waals surface area contributed by atoms with E-state index in [9.17, 15) is 26.7 Å². The predicted molar refractivity (Wildman–Crippen MR) is 71.2 cm³/mol. The number of halogens is 5. The molecular weight excluding hydrogens is 339 g/mol. The third-order valence-electron chi connectivity index (χ3n) is 3.41. The normalized spacial score (nSPS) is 20.6. The van der Waals surface area contributed by atoms with Gasteiger partial charge >= 0.3 is 12.8 Å². The fraction of sp³-hybridized carbons (Fsp3) is 0.571. The van der Waals surface area contributed by atoms with Crippen LogP contribution in [0.2, 0.25) is 0 Å². The van der Waals surface area contributed by atoms with E-state index in [1.807, 2.05) is 0 Å². The fourth-order valence-corrected chi connectivity index (χ4v) is 2.16. The Balaban J connectivity index is 1.75. The van der Waals surface area contributed by atoms with Gasteiger partial charge in [-0.05, 0) is 24.5 Å². The molecule has 1 aromatic heterocycles. The van der Waals surface area contributed by atoms with Gasteiger partial charge in [-0.25, -0.2) is 4.98 Å². The largest absolute Gasteiger partial charge is 0.468 e. The van der Waals surface area contributed by atoms with E-state index in [2.05, 4.69) is 19.8 Å². The number of alkyl halides is 5. The van der Waals surface area contributed by atoms with Gasteiger partial charge in [0, 0.05) is 24.7 Å². The van der Waals surface area contributed by atoms with E-state index >= 15 is 0 Å². The first-order chi connectivity index (χ1) is 11.2. The van der Waals surface area contributed by atoms with Crippen molar-refractivity contribution in [3.63, 3.8) is 0 Å². The van der Waals surface area contributed by atoms with E-state index < -0.39 is 31.4 Å². The molecule has 1 fully saturated rings. The number of nitrogens with one attached hydrogen (secondary N) is 1. The van der Waals surface area contributed by atoms with Crippen LogP contribution in [0.1, 0.15) is 18.4 Å². The molecule has 0 radical (unpaired) electrons. The molecule has 5 nitrogen and oxygen atoms in total. The van der Waals surface area contributed by atoms with Crippen molar-refractivity contribution in [2.45, 2.75) is 38.3 Å². The van der Waals surface area contributed by atoms with Gasteiger partial charge in [-0.1, -0.05) is 0 Å². The van der Waals surface area contributed by atoms with E-state index in [4.69, 9.17) is 0 Å². The molecule has 1 aliphatic carbocycles. The zero-order chi connectivity index (χ0) is 17.7. The van der Waals surface area contributed by atoms with Crippen molar-refractivity contribution in [1.29, 1.82) is 0 Å². The summed E-state index contributed by atoms with van der Waals surface area (Å²) in [4.78, 5) is 15.5. The van der Waals surface area contributed by atoms with Crippen molar-refractivity contribution in [3.05, 3.63) is 23.9 Å². The summed E-state index contributed by atoms with van der Waals surface area (Å²) in [6.45, 7) is -4.24. The molecule has 2 rings (SSSR count). The smallest absolute Gasteiger partial charge is 0.422 e. The SMILES string of the molecule is O=C(NCc1ccnc(OCC(F)(F)F)c1)C1CC(OC(F)F)C1. The summed E-state index contributed by atoms with van der Waals surface area (Å²) in [6, 6.07) is 2.81. The maximum Gasteiger partial charge on any atom is 0.422 e. The van der Waals surface area contributed by atoms with E-state index in [1.54, 1.807) is 0 Å². The molecule has 0 saturated heterocycles. The van der Waals surface area contributed by atoms with Gasteiger partial charge in [0.25, 0.3) is 0 Å². The highest BCUT2D eigenvalue weighted by Gasteiger charge is 2.36. The lowest BCUT2D eigenvalue weighted by atomic mass is 9.81. The summed E-state index contributed by atoms with van der Waals surface area (Å²) in [7, 11) is 0. The van der Waals surface area contributed by atoms with Crippen molar-refractivity contribution in [2.75, 3.05) is 6.61 Å². The maximum atomic E-state index is 12.1. The zero-order valence-corrected chi connectivity index (χ0v) is 12.4. The molecule has 1 amide bonds.